The first-order valence-corrected chi connectivity index (χ1v) is 11.5. The summed E-state index contributed by atoms with van der Waals surface area (Å²) >= 11 is 2.97. The highest BCUT2D eigenvalue weighted by molar-refractivity contribution is 8.01. The Morgan fingerprint density at radius 1 is 1.38 bits per heavy atom. The maximum Gasteiger partial charge on any atom is 0.230 e. The summed E-state index contributed by atoms with van der Waals surface area (Å²) in [5.41, 5.74) is 0. The van der Waals surface area contributed by atoms with Gasteiger partial charge < -0.3 is 15.4 Å². The average molecular weight is 399 g/mol. The number of ether oxygens (including phenoxy) is 1. The van der Waals surface area contributed by atoms with Crippen LogP contribution in [-0.2, 0) is 9.53 Å². The van der Waals surface area contributed by atoms with E-state index in [1.54, 1.807) is 0 Å². The zero-order valence-corrected chi connectivity index (χ0v) is 17.3. The Bertz CT molecular complexity index is 583. The molecule has 1 aromatic rings. The van der Waals surface area contributed by atoms with Gasteiger partial charge in [-0.25, -0.2) is 0 Å². The van der Waals surface area contributed by atoms with Crippen molar-refractivity contribution in [2.24, 2.45) is 17.8 Å². The van der Waals surface area contributed by atoms with Crippen molar-refractivity contribution in [2.45, 2.75) is 56.3 Å². The van der Waals surface area contributed by atoms with Crippen LogP contribution in [0.1, 0.15) is 46.0 Å². The summed E-state index contributed by atoms with van der Waals surface area (Å²) in [5.74, 6) is 2.94. The SMILES string of the molecule is CCOCCCNc1nnc(SCC(=O)N[C@@H](C)[C@H]2C[C@H]3CC[C@H]2C3)s1. The first kappa shape index (κ1) is 19.9. The van der Waals surface area contributed by atoms with E-state index in [-0.39, 0.29) is 11.9 Å². The third-order valence-corrected chi connectivity index (χ3v) is 7.52. The van der Waals surface area contributed by atoms with Crippen LogP contribution in [0.3, 0.4) is 0 Å². The predicted octanol–water partition coefficient (Wildman–Crippen LogP) is 3.41. The van der Waals surface area contributed by atoms with Gasteiger partial charge in [0.1, 0.15) is 0 Å². The maximum atomic E-state index is 12.3. The molecule has 26 heavy (non-hydrogen) atoms. The second-order valence-corrected chi connectivity index (χ2v) is 9.53. The fraction of sp³-hybridized carbons (Fsp3) is 0.833. The van der Waals surface area contributed by atoms with Gasteiger partial charge in [-0.1, -0.05) is 29.5 Å². The number of rotatable bonds is 11. The van der Waals surface area contributed by atoms with Crippen LogP contribution in [0.2, 0.25) is 0 Å². The average Bonchev–Trinajstić information content (AvgIpc) is 3.36. The van der Waals surface area contributed by atoms with Gasteiger partial charge in [0.05, 0.1) is 5.75 Å². The van der Waals surface area contributed by atoms with E-state index in [1.165, 1.54) is 48.8 Å². The third-order valence-electron chi connectivity index (χ3n) is 5.50. The van der Waals surface area contributed by atoms with Crippen LogP contribution in [0.5, 0.6) is 0 Å². The summed E-state index contributed by atoms with van der Waals surface area (Å²) in [6, 6.07) is 0.287. The largest absolute Gasteiger partial charge is 0.382 e. The number of fused-ring (bicyclic) bond motifs is 2. The molecular formula is C18H30N4O2S2. The Morgan fingerprint density at radius 3 is 3.00 bits per heavy atom. The number of thioether (sulfide) groups is 1. The molecule has 0 saturated heterocycles. The van der Waals surface area contributed by atoms with Gasteiger partial charge in [-0.05, 0) is 57.3 Å². The summed E-state index contributed by atoms with van der Waals surface area (Å²) in [4.78, 5) is 12.3. The normalized spacial score (nSPS) is 25.4. The van der Waals surface area contributed by atoms with Crippen molar-refractivity contribution >= 4 is 34.1 Å². The highest BCUT2D eigenvalue weighted by atomic mass is 32.2. The number of hydrogen-bond donors (Lipinski definition) is 2. The van der Waals surface area contributed by atoms with E-state index in [0.717, 1.165) is 47.5 Å². The van der Waals surface area contributed by atoms with Gasteiger partial charge in [-0.2, -0.15) is 0 Å². The summed E-state index contributed by atoms with van der Waals surface area (Å²) < 4.78 is 6.14. The fourth-order valence-corrected chi connectivity index (χ4v) is 5.88. The Balaban J connectivity index is 1.33. The molecule has 2 aliphatic carbocycles. The lowest BCUT2D eigenvalue weighted by Gasteiger charge is -2.28. The van der Waals surface area contributed by atoms with E-state index < -0.39 is 0 Å². The molecule has 0 radical (unpaired) electrons. The number of amides is 1. The van der Waals surface area contributed by atoms with E-state index in [4.69, 9.17) is 4.74 Å². The zero-order chi connectivity index (χ0) is 18.4. The topological polar surface area (TPSA) is 76.1 Å². The molecule has 4 atom stereocenters. The molecule has 0 unspecified atom stereocenters. The number of hydrogen-bond acceptors (Lipinski definition) is 7. The van der Waals surface area contributed by atoms with E-state index in [2.05, 4.69) is 27.8 Å². The molecule has 0 spiro atoms. The minimum absolute atomic E-state index is 0.103. The highest BCUT2D eigenvalue weighted by Crippen LogP contribution is 2.49. The van der Waals surface area contributed by atoms with Crippen LogP contribution in [0.25, 0.3) is 0 Å². The van der Waals surface area contributed by atoms with Gasteiger partial charge in [0.25, 0.3) is 0 Å². The standard InChI is InChI=1S/C18H30N4O2S2/c1-3-24-8-4-7-19-17-21-22-18(26-17)25-11-16(23)20-12(2)15-10-13-5-6-14(15)9-13/h12-15H,3-11H2,1-2H3,(H,19,21)(H,20,23)/t12-,13-,14-,15+/m0/s1. The van der Waals surface area contributed by atoms with Gasteiger partial charge in [-0.15, -0.1) is 10.2 Å². The molecule has 1 amide bonds. The van der Waals surface area contributed by atoms with E-state index in [1.807, 2.05) is 6.92 Å². The van der Waals surface area contributed by atoms with Crippen LogP contribution in [0.15, 0.2) is 4.34 Å². The van der Waals surface area contributed by atoms with Crippen molar-refractivity contribution in [2.75, 3.05) is 30.8 Å². The number of nitrogens with zero attached hydrogens (tertiary/aromatic N) is 2. The van der Waals surface area contributed by atoms with Crippen LogP contribution < -0.4 is 10.6 Å². The van der Waals surface area contributed by atoms with E-state index >= 15 is 0 Å². The molecule has 0 aliphatic heterocycles. The van der Waals surface area contributed by atoms with Crippen molar-refractivity contribution in [1.82, 2.24) is 15.5 Å². The summed E-state index contributed by atoms with van der Waals surface area (Å²) in [5, 5.41) is 15.5. The van der Waals surface area contributed by atoms with Crippen molar-refractivity contribution < 1.29 is 9.53 Å². The second-order valence-electron chi connectivity index (χ2n) is 7.33. The molecule has 1 aromatic heterocycles. The molecule has 146 valence electrons. The first-order valence-electron chi connectivity index (χ1n) is 9.73. The van der Waals surface area contributed by atoms with E-state index in [0.29, 0.717) is 11.7 Å². The minimum Gasteiger partial charge on any atom is -0.382 e. The lowest BCUT2D eigenvalue weighted by molar-refractivity contribution is -0.119. The molecule has 2 fully saturated rings. The molecule has 1 heterocycles. The molecule has 2 N–H and O–H groups in total. The fourth-order valence-electron chi connectivity index (χ4n) is 4.29. The van der Waals surface area contributed by atoms with Crippen molar-refractivity contribution in [3.8, 4) is 0 Å². The molecule has 3 rings (SSSR count). The van der Waals surface area contributed by atoms with Crippen LogP contribution in [-0.4, -0.2) is 47.7 Å². The predicted molar refractivity (Wildman–Crippen MR) is 107 cm³/mol. The quantitative estimate of drug-likeness (QED) is 0.439. The molecule has 6 nitrogen and oxygen atoms in total. The van der Waals surface area contributed by atoms with Gasteiger partial charge in [0.2, 0.25) is 11.0 Å². The number of anilines is 1. The van der Waals surface area contributed by atoms with Gasteiger partial charge in [0.15, 0.2) is 4.34 Å². The summed E-state index contributed by atoms with van der Waals surface area (Å²) in [6.45, 7) is 6.49. The Kier molecular flexibility index (Phi) is 7.57. The van der Waals surface area contributed by atoms with Crippen molar-refractivity contribution in [3.05, 3.63) is 0 Å². The third kappa shape index (κ3) is 5.57. The van der Waals surface area contributed by atoms with Crippen LogP contribution in [0.4, 0.5) is 5.13 Å². The molecular weight excluding hydrogens is 368 g/mol. The highest BCUT2D eigenvalue weighted by Gasteiger charge is 2.42. The number of carbonyl (C=O) groups excluding carboxylic acids is 1. The summed E-state index contributed by atoms with van der Waals surface area (Å²) in [7, 11) is 0. The molecule has 8 heteroatoms. The number of aromatic nitrogens is 2. The van der Waals surface area contributed by atoms with Crippen molar-refractivity contribution in [1.29, 1.82) is 0 Å². The molecule has 2 aliphatic rings. The monoisotopic (exact) mass is 398 g/mol. The van der Waals surface area contributed by atoms with E-state index in [9.17, 15) is 4.79 Å². The number of carbonyl (C=O) groups is 1. The summed E-state index contributed by atoms with van der Waals surface area (Å²) in [6.07, 6.45) is 6.38. The lowest BCUT2D eigenvalue weighted by atomic mass is 9.84. The molecule has 2 saturated carbocycles. The smallest absolute Gasteiger partial charge is 0.230 e. The van der Waals surface area contributed by atoms with Crippen molar-refractivity contribution in [3.63, 3.8) is 0 Å². The van der Waals surface area contributed by atoms with Gasteiger partial charge in [-0.3, -0.25) is 4.79 Å². The molecule has 0 aromatic carbocycles. The number of nitrogens with one attached hydrogen (secondary N) is 2. The second kappa shape index (κ2) is 9.90. The van der Waals surface area contributed by atoms with Crippen LogP contribution >= 0.6 is 23.1 Å². The maximum absolute atomic E-state index is 12.3. The van der Waals surface area contributed by atoms with Gasteiger partial charge in [0, 0.05) is 25.8 Å². The Labute approximate surface area is 164 Å². The van der Waals surface area contributed by atoms with Gasteiger partial charge >= 0.3 is 0 Å². The lowest BCUT2D eigenvalue weighted by Crippen LogP contribution is -2.40. The first-order chi connectivity index (χ1) is 12.7. The minimum atomic E-state index is 0.103. The Hall–Kier alpha value is -0.860. The van der Waals surface area contributed by atoms with Crippen LogP contribution in [0, 0.1) is 17.8 Å². The molecule has 2 bridgehead atoms. The zero-order valence-electron chi connectivity index (χ0n) is 15.7. The Morgan fingerprint density at radius 2 is 2.27 bits per heavy atom.